The Morgan fingerprint density at radius 2 is 1.40 bits per heavy atom. The largest absolute Gasteiger partial charge is 0.380 e. The first-order chi connectivity index (χ1) is 9.43. The lowest BCUT2D eigenvalue weighted by Gasteiger charge is -2.31. The molecule has 0 spiro atoms. The SMILES string of the molecule is CCCC(C)(CC)c1ccc(NC(C)(CC)CC)cc1. The minimum Gasteiger partial charge on any atom is -0.380 e. The van der Waals surface area contributed by atoms with Crippen molar-refractivity contribution in [1.29, 1.82) is 0 Å². The maximum atomic E-state index is 3.68. The Morgan fingerprint density at radius 1 is 0.850 bits per heavy atom. The van der Waals surface area contributed by atoms with Crippen molar-refractivity contribution >= 4 is 5.69 Å². The van der Waals surface area contributed by atoms with E-state index >= 15 is 0 Å². The van der Waals surface area contributed by atoms with Crippen LogP contribution in [0, 0.1) is 0 Å². The van der Waals surface area contributed by atoms with Gasteiger partial charge in [0.1, 0.15) is 0 Å². The molecule has 1 rings (SSSR count). The maximum Gasteiger partial charge on any atom is 0.0344 e. The summed E-state index contributed by atoms with van der Waals surface area (Å²) >= 11 is 0. The Balaban J connectivity index is 2.88. The number of hydrogen-bond donors (Lipinski definition) is 1. The van der Waals surface area contributed by atoms with Gasteiger partial charge in [-0.15, -0.1) is 0 Å². The van der Waals surface area contributed by atoms with E-state index in [4.69, 9.17) is 0 Å². The fraction of sp³-hybridized carbons (Fsp3) is 0.684. The Bertz CT molecular complexity index is 389. The molecule has 0 radical (unpaired) electrons. The van der Waals surface area contributed by atoms with Crippen LogP contribution in [-0.2, 0) is 5.41 Å². The number of benzene rings is 1. The summed E-state index contributed by atoms with van der Waals surface area (Å²) in [5.41, 5.74) is 3.25. The lowest BCUT2D eigenvalue weighted by molar-refractivity contribution is 0.414. The van der Waals surface area contributed by atoms with Gasteiger partial charge in [-0.2, -0.15) is 0 Å². The van der Waals surface area contributed by atoms with Crippen LogP contribution in [0.1, 0.15) is 79.2 Å². The van der Waals surface area contributed by atoms with Crippen LogP contribution in [-0.4, -0.2) is 5.54 Å². The van der Waals surface area contributed by atoms with Crippen molar-refractivity contribution in [3.8, 4) is 0 Å². The van der Waals surface area contributed by atoms with E-state index in [0.29, 0.717) is 5.41 Å². The number of anilines is 1. The van der Waals surface area contributed by atoms with Gasteiger partial charge in [0, 0.05) is 11.2 Å². The predicted molar refractivity (Wildman–Crippen MR) is 91.6 cm³/mol. The zero-order valence-corrected chi connectivity index (χ0v) is 14.3. The summed E-state index contributed by atoms with van der Waals surface area (Å²) in [5, 5.41) is 3.68. The van der Waals surface area contributed by atoms with Gasteiger partial charge in [-0.3, -0.25) is 0 Å². The second kappa shape index (κ2) is 7.15. The van der Waals surface area contributed by atoms with Gasteiger partial charge in [-0.05, 0) is 55.7 Å². The first kappa shape index (κ1) is 17.1. The monoisotopic (exact) mass is 275 g/mol. The van der Waals surface area contributed by atoms with E-state index in [1.165, 1.54) is 30.5 Å². The number of rotatable bonds is 8. The van der Waals surface area contributed by atoms with Gasteiger partial charge < -0.3 is 5.32 Å². The Labute approximate surface area is 126 Å². The zero-order valence-electron chi connectivity index (χ0n) is 14.3. The quantitative estimate of drug-likeness (QED) is 0.600. The molecule has 0 fully saturated rings. The Morgan fingerprint density at radius 3 is 1.80 bits per heavy atom. The van der Waals surface area contributed by atoms with E-state index in [1.807, 2.05) is 0 Å². The van der Waals surface area contributed by atoms with Gasteiger partial charge in [0.05, 0.1) is 0 Å². The molecule has 1 heteroatoms. The van der Waals surface area contributed by atoms with Gasteiger partial charge in [-0.1, -0.05) is 53.2 Å². The summed E-state index contributed by atoms with van der Waals surface area (Å²) in [7, 11) is 0. The van der Waals surface area contributed by atoms with Crippen LogP contribution in [0.25, 0.3) is 0 Å². The van der Waals surface area contributed by atoms with Crippen LogP contribution < -0.4 is 5.32 Å². The van der Waals surface area contributed by atoms with E-state index < -0.39 is 0 Å². The lowest BCUT2D eigenvalue weighted by Crippen LogP contribution is -2.32. The molecular formula is C19H33N. The second-order valence-corrected chi connectivity index (χ2v) is 6.63. The molecule has 1 nitrogen and oxygen atoms in total. The highest BCUT2D eigenvalue weighted by atomic mass is 15.0. The van der Waals surface area contributed by atoms with Crippen LogP contribution in [0.15, 0.2) is 24.3 Å². The Kier molecular flexibility index (Phi) is 6.10. The summed E-state index contributed by atoms with van der Waals surface area (Å²) < 4.78 is 0. The van der Waals surface area contributed by atoms with Crippen molar-refractivity contribution in [2.45, 2.75) is 84.6 Å². The fourth-order valence-corrected chi connectivity index (χ4v) is 2.81. The molecule has 0 saturated carbocycles. The van der Waals surface area contributed by atoms with Crippen LogP contribution in [0.2, 0.25) is 0 Å². The highest BCUT2D eigenvalue weighted by Gasteiger charge is 2.24. The molecule has 114 valence electrons. The van der Waals surface area contributed by atoms with Crippen LogP contribution in [0.4, 0.5) is 5.69 Å². The van der Waals surface area contributed by atoms with E-state index in [0.717, 1.165) is 12.8 Å². The van der Waals surface area contributed by atoms with Crippen molar-refractivity contribution in [1.82, 2.24) is 0 Å². The molecule has 0 heterocycles. The van der Waals surface area contributed by atoms with Gasteiger partial charge in [0.2, 0.25) is 0 Å². The van der Waals surface area contributed by atoms with Crippen LogP contribution in [0.5, 0.6) is 0 Å². The highest BCUT2D eigenvalue weighted by molar-refractivity contribution is 5.48. The molecule has 1 unspecified atom stereocenters. The van der Waals surface area contributed by atoms with E-state index in [1.54, 1.807) is 0 Å². The minimum absolute atomic E-state index is 0.207. The molecule has 1 aromatic rings. The lowest BCUT2D eigenvalue weighted by atomic mass is 9.76. The third-order valence-corrected chi connectivity index (χ3v) is 5.17. The minimum atomic E-state index is 0.207. The number of nitrogens with one attached hydrogen (secondary N) is 1. The average Bonchev–Trinajstić information content (AvgIpc) is 2.48. The van der Waals surface area contributed by atoms with Gasteiger partial charge in [0.25, 0.3) is 0 Å². The summed E-state index contributed by atoms with van der Waals surface area (Å²) in [6, 6.07) is 9.13. The third kappa shape index (κ3) is 4.01. The second-order valence-electron chi connectivity index (χ2n) is 6.63. The summed E-state index contributed by atoms with van der Waals surface area (Å²) in [5.74, 6) is 0. The molecule has 20 heavy (non-hydrogen) atoms. The molecule has 0 aliphatic heterocycles. The topological polar surface area (TPSA) is 12.0 Å². The molecule has 0 aromatic heterocycles. The van der Waals surface area contributed by atoms with E-state index in [2.05, 4.69) is 71.1 Å². The van der Waals surface area contributed by atoms with Gasteiger partial charge >= 0.3 is 0 Å². The molecule has 1 atom stereocenters. The molecule has 0 amide bonds. The highest BCUT2D eigenvalue weighted by Crippen LogP contribution is 2.33. The van der Waals surface area contributed by atoms with Crippen molar-refractivity contribution in [3.63, 3.8) is 0 Å². The summed E-state index contributed by atoms with van der Waals surface area (Å²) in [6.07, 6.45) is 6.00. The van der Waals surface area contributed by atoms with Crippen molar-refractivity contribution in [3.05, 3.63) is 29.8 Å². The first-order valence-electron chi connectivity index (χ1n) is 8.31. The molecule has 0 aliphatic carbocycles. The summed E-state index contributed by atoms with van der Waals surface area (Å²) in [4.78, 5) is 0. The standard InChI is InChI=1S/C19H33N/c1-7-15-18(5,8-2)16-11-13-17(14-12-16)20-19(6,9-3)10-4/h11-14,20H,7-10,15H2,1-6H3. The van der Waals surface area contributed by atoms with Gasteiger partial charge in [-0.25, -0.2) is 0 Å². The van der Waals surface area contributed by atoms with Crippen molar-refractivity contribution in [2.75, 3.05) is 5.32 Å². The predicted octanol–water partition coefficient (Wildman–Crippen LogP) is 6.15. The molecular weight excluding hydrogens is 242 g/mol. The van der Waals surface area contributed by atoms with Crippen LogP contribution in [0.3, 0.4) is 0 Å². The maximum absolute atomic E-state index is 3.68. The first-order valence-corrected chi connectivity index (χ1v) is 8.31. The number of hydrogen-bond acceptors (Lipinski definition) is 1. The van der Waals surface area contributed by atoms with Crippen molar-refractivity contribution in [2.24, 2.45) is 0 Å². The van der Waals surface area contributed by atoms with Crippen molar-refractivity contribution < 1.29 is 0 Å². The fourth-order valence-electron chi connectivity index (χ4n) is 2.81. The smallest absolute Gasteiger partial charge is 0.0344 e. The summed E-state index contributed by atoms with van der Waals surface area (Å²) in [6.45, 7) is 13.8. The van der Waals surface area contributed by atoms with E-state index in [-0.39, 0.29) is 5.54 Å². The third-order valence-electron chi connectivity index (χ3n) is 5.17. The zero-order chi connectivity index (χ0) is 15.2. The van der Waals surface area contributed by atoms with Gasteiger partial charge in [0.15, 0.2) is 0 Å². The average molecular weight is 275 g/mol. The van der Waals surface area contributed by atoms with Crippen LogP contribution >= 0.6 is 0 Å². The molecule has 0 aliphatic rings. The van der Waals surface area contributed by atoms with E-state index in [9.17, 15) is 0 Å². The molecule has 1 aromatic carbocycles. The molecule has 1 N–H and O–H groups in total. The Hall–Kier alpha value is -0.980. The normalized spacial score (nSPS) is 14.9. The molecule has 0 bridgehead atoms. The molecule has 0 saturated heterocycles.